The Labute approximate surface area is 108 Å². The van der Waals surface area contributed by atoms with Crippen molar-refractivity contribution < 1.29 is 9.59 Å². The van der Waals surface area contributed by atoms with Crippen LogP contribution in [-0.4, -0.2) is 24.9 Å². The van der Waals surface area contributed by atoms with Gasteiger partial charge >= 0.3 is 0 Å². The summed E-state index contributed by atoms with van der Waals surface area (Å²) in [5, 5.41) is 5.42. The number of carbonyl (C=O) groups is 2. The molecule has 0 saturated carbocycles. The van der Waals surface area contributed by atoms with Gasteiger partial charge < -0.3 is 10.6 Å². The molecule has 0 unspecified atom stereocenters. The Morgan fingerprint density at radius 1 is 0.944 bits per heavy atom. The quantitative estimate of drug-likeness (QED) is 0.793. The Balaban J connectivity index is 2.62. The Bertz CT molecular complexity index is 467. The SMILES string of the molecule is CC(=O)NCCNC(=O)c1cc(C)c(C)cc1C. The Morgan fingerprint density at radius 3 is 2.11 bits per heavy atom. The van der Waals surface area contributed by atoms with Crippen LogP contribution in [0.25, 0.3) is 0 Å². The number of nitrogens with one attached hydrogen (secondary N) is 2. The van der Waals surface area contributed by atoms with Gasteiger partial charge in [-0.15, -0.1) is 0 Å². The fourth-order valence-electron chi connectivity index (χ4n) is 1.71. The first-order valence-electron chi connectivity index (χ1n) is 6.02. The van der Waals surface area contributed by atoms with E-state index in [9.17, 15) is 9.59 Å². The first kappa shape index (κ1) is 14.2. The second kappa shape index (κ2) is 6.19. The molecule has 0 radical (unpaired) electrons. The van der Waals surface area contributed by atoms with E-state index in [4.69, 9.17) is 0 Å². The van der Waals surface area contributed by atoms with Crippen LogP contribution in [0.5, 0.6) is 0 Å². The summed E-state index contributed by atoms with van der Waals surface area (Å²) in [4.78, 5) is 22.6. The van der Waals surface area contributed by atoms with Crippen LogP contribution in [0.2, 0.25) is 0 Å². The molecule has 0 atom stereocenters. The van der Waals surface area contributed by atoms with E-state index in [0.717, 1.165) is 11.1 Å². The lowest BCUT2D eigenvalue weighted by Crippen LogP contribution is -2.34. The highest BCUT2D eigenvalue weighted by Gasteiger charge is 2.09. The highest BCUT2D eigenvalue weighted by atomic mass is 16.2. The van der Waals surface area contributed by atoms with Gasteiger partial charge in [0.25, 0.3) is 5.91 Å². The van der Waals surface area contributed by atoms with Crippen molar-refractivity contribution in [1.29, 1.82) is 0 Å². The molecule has 0 aliphatic heterocycles. The maximum atomic E-state index is 11.9. The molecule has 18 heavy (non-hydrogen) atoms. The zero-order valence-electron chi connectivity index (χ0n) is 11.4. The fraction of sp³-hybridized carbons (Fsp3) is 0.429. The fourth-order valence-corrected chi connectivity index (χ4v) is 1.71. The van der Waals surface area contributed by atoms with Crippen LogP contribution in [0, 0.1) is 20.8 Å². The van der Waals surface area contributed by atoms with Gasteiger partial charge in [-0.3, -0.25) is 9.59 Å². The second-order valence-electron chi connectivity index (χ2n) is 4.49. The summed E-state index contributed by atoms with van der Waals surface area (Å²) in [6.07, 6.45) is 0. The summed E-state index contributed by atoms with van der Waals surface area (Å²) in [6, 6.07) is 3.91. The third-order valence-corrected chi connectivity index (χ3v) is 2.87. The van der Waals surface area contributed by atoms with Gasteiger partial charge in [0.2, 0.25) is 5.91 Å². The molecular weight excluding hydrogens is 228 g/mol. The zero-order chi connectivity index (χ0) is 13.7. The summed E-state index contributed by atoms with van der Waals surface area (Å²) in [7, 11) is 0. The number of carbonyl (C=O) groups excluding carboxylic acids is 2. The largest absolute Gasteiger partial charge is 0.355 e. The molecule has 0 heterocycles. The van der Waals surface area contributed by atoms with E-state index < -0.39 is 0 Å². The maximum absolute atomic E-state index is 11.9. The molecule has 0 spiro atoms. The third-order valence-electron chi connectivity index (χ3n) is 2.87. The normalized spacial score (nSPS) is 10.0. The van der Waals surface area contributed by atoms with Crippen LogP contribution in [0.3, 0.4) is 0 Å². The van der Waals surface area contributed by atoms with Gasteiger partial charge in [0.05, 0.1) is 0 Å². The van der Waals surface area contributed by atoms with E-state index in [-0.39, 0.29) is 11.8 Å². The molecule has 0 aliphatic rings. The van der Waals surface area contributed by atoms with Crippen LogP contribution in [0.15, 0.2) is 12.1 Å². The smallest absolute Gasteiger partial charge is 0.251 e. The molecule has 4 nitrogen and oxygen atoms in total. The van der Waals surface area contributed by atoms with Gasteiger partial charge in [-0.25, -0.2) is 0 Å². The van der Waals surface area contributed by atoms with E-state index in [1.807, 2.05) is 32.9 Å². The lowest BCUT2D eigenvalue weighted by atomic mass is 10.0. The van der Waals surface area contributed by atoms with Crippen molar-refractivity contribution in [2.45, 2.75) is 27.7 Å². The lowest BCUT2D eigenvalue weighted by Gasteiger charge is -2.10. The van der Waals surface area contributed by atoms with Crippen LogP contribution in [0.1, 0.15) is 34.0 Å². The number of aryl methyl sites for hydroxylation is 3. The molecule has 98 valence electrons. The number of benzene rings is 1. The maximum Gasteiger partial charge on any atom is 0.251 e. The monoisotopic (exact) mass is 248 g/mol. The third kappa shape index (κ3) is 3.87. The second-order valence-corrected chi connectivity index (χ2v) is 4.49. The predicted octanol–water partition coefficient (Wildman–Crippen LogP) is 1.48. The Hall–Kier alpha value is -1.84. The van der Waals surface area contributed by atoms with Gasteiger partial charge in [-0.2, -0.15) is 0 Å². The zero-order valence-corrected chi connectivity index (χ0v) is 11.4. The molecule has 2 N–H and O–H groups in total. The minimum Gasteiger partial charge on any atom is -0.355 e. The number of rotatable bonds is 4. The van der Waals surface area contributed by atoms with Crippen molar-refractivity contribution >= 4 is 11.8 Å². The molecule has 0 aliphatic carbocycles. The average Bonchev–Trinajstić information content (AvgIpc) is 2.28. The highest BCUT2D eigenvalue weighted by Crippen LogP contribution is 2.14. The molecule has 0 fully saturated rings. The summed E-state index contributed by atoms with van der Waals surface area (Å²) >= 11 is 0. The molecule has 0 saturated heterocycles. The molecule has 0 aromatic heterocycles. The standard InChI is InChI=1S/C14H20N2O2/c1-9-7-11(3)13(8-10(9)2)14(18)16-6-5-15-12(4)17/h7-8H,5-6H2,1-4H3,(H,15,17)(H,16,18). The molecule has 4 heteroatoms. The van der Waals surface area contributed by atoms with Crippen molar-refractivity contribution in [3.05, 3.63) is 34.4 Å². The summed E-state index contributed by atoms with van der Waals surface area (Å²) < 4.78 is 0. The average molecular weight is 248 g/mol. The van der Waals surface area contributed by atoms with Crippen molar-refractivity contribution in [2.24, 2.45) is 0 Å². The van der Waals surface area contributed by atoms with Crippen molar-refractivity contribution in [2.75, 3.05) is 13.1 Å². The minimum atomic E-state index is -0.0963. The van der Waals surface area contributed by atoms with Crippen molar-refractivity contribution in [3.8, 4) is 0 Å². The van der Waals surface area contributed by atoms with E-state index in [0.29, 0.717) is 18.7 Å². The molecule has 1 aromatic carbocycles. The minimum absolute atomic E-state index is 0.0911. The van der Waals surface area contributed by atoms with Crippen molar-refractivity contribution in [1.82, 2.24) is 10.6 Å². The summed E-state index contributed by atoms with van der Waals surface area (Å²) in [5.41, 5.74) is 3.95. The number of hydrogen-bond acceptors (Lipinski definition) is 2. The van der Waals surface area contributed by atoms with E-state index >= 15 is 0 Å². The topological polar surface area (TPSA) is 58.2 Å². The van der Waals surface area contributed by atoms with Crippen LogP contribution in [-0.2, 0) is 4.79 Å². The van der Waals surface area contributed by atoms with E-state index in [2.05, 4.69) is 10.6 Å². The summed E-state index contributed by atoms with van der Waals surface area (Å²) in [5.74, 6) is -0.187. The highest BCUT2D eigenvalue weighted by molar-refractivity contribution is 5.95. The van der Waals surface area contributed by atoms with Gasteiger partial charge in [-0.1, -0.05) is 6.07 Å². The summed E-state index contributed by atoms with van der Waals surface area (Å²) in [6.45, 7) is 8.28. The lowest BCUT2D eigenvalue weighted by molar-refractivity contribution is -0.118. The Kier molecular flexibility index (Phi) is 4.89. The van der Waals surface area contributed by atoms with Gasteiger partial charge in [0, 0.05) is 25.6 Å². The number of hydrogen-bond donors (Lipinski definition) is 2. The van der Waals surface area contributed by atoms with Crippen LogP contribution < -0.4 is 10.6 Å². The first-order valence-corrected chi connectivity index (χ1v) is 6.02. The Morgan fingerprint density at radius 2 is 1.50 bits per heavy atom. The van der Waals surface area contributed by atoms with E-state index in [1.54, 1.807) is 0 Å². The van der Waals surface area contributed by atoms with E-state index in [1.165, 1.54) is 12.5 Å². The van der Waals surface area contributed by atoms with Crippen LogP contribution in [0.4, 0.5) is 0 Å². The molecule has 1 rings (SSSR count). The molecule has 0 bridgehead atoms. The first-order chi connectivity index (χ1) is 8.41. The molecule has 2 amide bonds. The molecule has 1 aromatic rings. The number of amides is 2. The predicted molar refractivity (Wildman–Crippen MR) is 71.7 cm³/mol. The van der Waals surface area contributed by atoms with Crippen LogP contribution >= 0.6 is 0 Å². The van der Waals surface area contributed by atoms with Crippen molar-refractivity contribution in [3.63, 3.8) is 0 Å². The molecular formula is C14H20N2O2. The van der Waals surface area contributed by atoms with Gasteiger partial charge in [0.1, 0.15) is 0 Å². The van der Waals surface area contributed by atoms with Gasteiger partial charge in [-0.05, 0) is 43.5 Å². The van der Waals surface area contributed by atoms with Gasteiger partial charge in [0.15, 0.2) is 0 Å².